The Bertz CT molecular complexity index is 586. The molecule has 0 aliphatic carbocycles. The van der Waals surface area contributed by atoms with Gasteiger partial charge in [0.1, 0.15) is 18.2 Å². The Balaban J connectivity index is 2.10. The number of hydrogen-bond acceptors (Lipinski definition) is 2. The Morgan fingerprint density at radius 1 is 1.20 bits per heavy atom. The molecule has 0 saturated carbocycles. The molecule has 0 aliphatic heterocycles. The molecule has 0 aliphatic rings. The molecular weight excluding hydrogens is 277 g/mol. The highest BCUT2D eigenvalue weighted by molar-refractivity contribution is 6.31. The Kier molecular flexibility index (Phi) is 4.99. The number of ether oxygens (including phenoxy) is 1. The largest absolute Gasteiger partial charge is 0.489 e. The maximum atomic E-state index is 13.0. The Hall–Kier alpha value is -1.58. The highest BCUT2D eigenvalue weighted by Crippen LogP contribution is 2.23. The summed E-state index contributed by atoms with van der Waals surface area (Å²) >= 11 is 5.98. The molecule has 1 unspecified atom stereocenters. The first-order valence-electron chi connectivity index (χ1n) is 6.46. The summed E-state index contributed by atoms with van der Waals surface area (Å²) in [7, 11) is 0. The summed E-state index contributed by atoms with van der Waals surface area (Å²) in [5.41, 5.74) is 7.63. The van der Waals surface area contributed by atoms with Crippen molar-refractivity contribution in [2.75, 3.05) is 0 Å². The van der Waals surface area contributed by atoms with Gasteiger partial charge >= 0.3 is 0 Å². The molecule has 1 atom stereocenters. The van der Waals surface area contributed by atoms with Crippen LogP contribution in [0.1, 0.15) is 18.1 Å². The van der Waals surface area contributed by atoms with E-state index in [0.29, 0.717) is 11.6 Å². The van der Waals surface area contributed by atoms with Crippen LogP contribution >= 0.6 is 11.6 Å². The van der Waals surface area contributed by atoms with E-state index in [4.69, 9.17) is 22.1 Å². The van der Waals surface area contributed by atoms with Crippen LogP contribution < -0.4 is 10.5 Å². The molecule has 2 aromatic carbocycles. The van der Waals surface area contributed by atoms with Gasteiger partial charge in [-0.15, -0.1) is 0 Å². The van der Waals surface area contributed by atoms with Gasteiger partial charge in [-0.05, 0) is 37.1 Å². The van der Waals surface area contributed by atoms with Gasteiger partial charge < -0.3 is 10.5 Å². The van der Waals surface area contributed by atoms with E-state index in [1.165, 1.54) is 12.1 Å². The number of rotatable bonds is 5. The summed E-state index contributed by atoms with van der Waals surface area (Å²) < 4.78 is 18.8. The van der Waals surface area contributed by atoms with Gasteiger partial charge in [-0.3, -0.25) is 0 Å². The Morgan fingerprint density at radius 2 is 1.95 bits per heavy atom. The summed E-state index contributed by atoms with van der Waals surface area (Å²) in [5.74, 6) is 0.432. The van der Waals surface area contributed by atoms with E-state index in [1.807, 2.05) is 31.2 Å². The number of hydrogen-bond donors (Lipinski definition) is 1. The molecule has 2 nitrogen and oxygen atoms in total. The molecule has 0 fully saturated rings. The number of halogens is 2. The van der Waals surface area contributed by atoms with Crippen molar-refractivity contribution in [3.05, 3.63) is 64.4 Å². The predicted molar refractivity (Wildman–Crippen MR) is 79.5 cm³/mol. The van der Waals surface area contributed by atoms with Gasteiger partial charge in [0.25, 0.3) is 0 Å². The molecule has 0 aromatic heterocycles. The van der Waals surface area contributed by atoms with Gasteiger partial charge in [-0.25, -0.2) is 4.39 Å². The van der Waals surface area contributed by atoms with Crippen molar-refractivity contribution in [2.24, 2.45) is 5.73 Å². The Labute approximate surface area is 123 Å². The number of benzene rings is 2. The molecule has 4 heteroatoms. The minimum Gasteiger partial charge on any atom is -0.489 e. The quantitative estimate of drug-likeness (QED) is 0.906. The third-order valence-corrected chi connectivity index (χ3v) is 3.26. The molecule has 2 aromatic rings. The fourth-order valence-electron chi connectivity index (χ4n) is 1.95. The van der Waals surface area contributed by atoms with E-state index in [2.05, 4.69) is 0 Å². The lowest BCUT2D eigenvalue weighted by molar-refractivity contribution is 0.302. The third kappa shape index (κ3) is 3.95. The van der Waals surface area contributed by atoms with Crippen molar-refractivity contribution < 1.29 is 9.13 Å². The van der Waals surface area contributed by atoms with E-state index in [1.54, 1.807) is 6.07 Å². The highest BCUT2D eigenvalue weighted by atomic mass is 35.5. The van der Waals surface area contributed by atoms with Crippen LogP contribution in [-0.2, 0) is 13.0 Å². The van der Waals surface area contributed by atoms with Crippen LogP contribution in [0, 0.1) is 5.82 Å². The fourth-order valence-corrected chi connectivity index (χ4v) is 2.18. The van der Waals surface area contributed by atoms with Crippen LogP contribution in [0.3, 0.4) is 0 Å². The summed E-state index contributed by atoms with van der Waals surface area (Å²) in [4.78, 5) is 0. The lowest BCUT2D eigenvalue weighted by Crippen LogP contribution is -2.18. The van der Waals surface area contributed by atoms with Gasteiger partial charge in [-0.1, -0.05) is 35.9 Å². The van der Waals surface area contributed by atoms with Crippen molar-refractivity contribution in [2.45, 2.75) is 26.0 Å². The average molecular weight is 294 g/mol. The maximum absolute atomic E-state index is 13.0. The zero-order valence-electron chi connectivity index (χ0n) is 11.3. The van der Waals surface area contributed by atoms with E-state index < -0.39 is 0 Å². The van der Waals surface area contributed by atoms with Crippen molar-refractivity contribution in [1.29, 1.82) is 0 Å². The SMILES string of the molecule is CC(N)Cc1ccccc1OCc1ccc(F)cc1Cl. The molecule has 0 radical (unpaired) electrons. The van der Waals surface area contributed by atoms with Crippen LogP contribution in [0.2, 0.25) is 5.02 Å². The van der Waals surface area contributed by atoms with Gasteiger partial charge in [0.2, 0.25) is 0 Å². The lowest BCUT2D eigenvalue weighted by Gasteiger charge is -2.13. The maximum Gasteiger partial charge on any atom is 0.124 e. The smallest absolute Gasteiger partial charge is 0.124 e. The molecule has 0 bridgehead atoms. The lowest BCUT2D eigenvalue weighted by atomic mass is 10.1. The minimum atomic E-state index is -0.351. The second-order valence-electron chi connectivity index (χ2n) is 4.81. The average Bonchev–Trinajstić information content (AvgIpc) is 2.39. The number of nitrogens with two attached hydrogens (primary N) is 1. The standard InChI is InChI=1S/C16H17ClFNO/c1-11(19)8-12-4-2-3-5-16(12)20-10-13-6-7-14(18)9-15(13)17/h2-7,9,11H,8,10,19H2,1H3. The second kappa shape index (κ2) is 6.73. The van der Waals surface area contributed by atoms with Crippen LogP contribution in [0.4, 0.5) is 4.39 Å². The fraction of sp³-hybridized carbons (Fsp3) is 0.250. The summed E-state index contributed by atoms with van der Waals surface area (Å²) in [6, 6.07) is 12.1. The van der Waals surface area contributed by atoms with Crippen LogP contribution in [0.15, 0.2) is 42.5 Å². The molecule has 0 spiro atoms. The van der Waals surface area contributed by atoms with Crippen LogP contribution in [0.25, 0.3) is 0 Å². The molecular formula is C16H17ClFNO. The monoisotopic (exact) mass is 293 g/mol. The van der Waals surface area contributed by atoms with Crippen LogP contribution in [-0.4, -0.2) is 6.04 Å². The summed E-state index contributed by atoms with van der Waals surface area (Å²) in [6.45, 7) is 2.25. The van der Waals surface area contributed by atoms with Crippen molar-refractivity contribution in [3.8, 4) is 5.75 Å². The zero-order chi connectivity index (χ0) is 14.5. The van der Waals surface area contributed by atoms with E-state index >= 15 is 0 Å². The van der Waals surface area contributed by atoms with Crippen molar-refractivity contribution >= 4 is 11.6 Å². The molecule has 2 rings (SSSR count). The van der Waals surface area contributed by atoms with Crippen molar-refractivity contribution in [1.82, 2.24) is 0 Å². The zero-order valence-corrected chi connectivity index (χ0v) is 12.0. The topological polar surface area (TPSA) is 35.2 Å². The summed E-state index contributed by atoms with van der Waals surface area (Å²) in [5, 5.41) is 0.370. The molecule has 20 heavy (non-hydrogen) atoms. The molecule has 0 heterocycles. The molecule has 2 N–H and O–H groups in total. The predicted octanol–water partition coefficient (Wildman–Crippen LogP) is 3.95. The Morgan fingerprint density at radius 3 is 2.65 bits per heavy atom. The van der Waals surface area contributed by atoms with Gasteiger partial charge in [0.05, 0.1) is 5.02 Å². The highest BCUT2D eigenvalue weighted by Gasteiger charge is 2.07. The number of para-hydroxylation sites is 1. The van der Waals surface area contributed by atoms with E-state index in [-0.39, 0.29) is 11.9 Å². The first kappa shape index (κ1) is 14.8. The van der Waals surface area contributed by atoms with E-state index in [9.17, 15) is 4.39 Å². The normalized spacial score (nSPS) is 12.2. The van der Waals surface area contributed by atoms with Gasteiger partial charge in [0.15, 0.2) is 0 Å². The van der Waals surface area contributed by atoms with Crippen LogP contribution in [0.5, 0.6) is 5.75 Å². The molecule has 106 valence electrons. The van der Waals surface area contributed by atoms with Gasteiger partial charge in [-0.2, -0.15) is 0 Å². The first-order valence-corrected chi connectivity index (χ1v) is 6.84. The first-order chi connectivity index (χ1) is 9.56. The molecule has 0 amide bonds. The van der Waals surface area contributed by atoms with Gasteiger partial charge in [0, 0.05) is 11.6 Å². The second-order valence-corrected chi connectivity index (χ2v) is 5.22. The van der Waals surface area contributed by atoms with E-state index in [0.717, 1.165) is 23.3 Å². The minimum absolute atomic E-state index is 0.0640. The van der Waals surface area contributed by atoms with Crippen molar-refractivity contribution in [3.63, 3.8) is 0 Å². The summed E-state index contributed by atoms with van der Waals surface area (Å²) in [6.07, 6.45) is 0.743. The molecule has 0 saturated heterocycles. The third-order valence-electron chi connectivity index (χ3n) is 2.91.